The van der Waals surface area contributed by atoms with Crippen molar-refractivity contribution in [1.29, 1.82) is 0 Å². The van der Waals surface area contributed by atoms with Gasteiger partial charge < -0.3 is 10.6 Å². The lowest BCUT2D eigenvalue weighted by Crippen LogP contribution is -2.24. The Morgan fingerprint density at radius 1 is 1.24 bits per heavy atom. The Morgan fingerprint density at radius 3 is 2.68 bits per heavy atom. The van der Waals surface area contributed by atoms with Gasteiger partial charge in [0.15, 0.2) is 4.34 Å². The third-order valence-electron chi connectivity index (χ3n) is 3.15. The maximum Gasteiger partial charge on any atom is 0.230 e. The van der Waals surface area contributed by atoms with E-state index in [1.54, 1.807) is 0 Å². The zero-order chi connectivity index (χ0) is 18.1. The second-order valence-electron chi connectivity index (χ2n) is 5.11. The molecule has 0 aliphatic heterocycles. The molecule has 0 aliphatic rings. The molecule has 25 heavy (non-hydrogen) atoms. The van der Waals surface area contributed by atoms with Crippen LogP contribution in [-0.2, 0) is 9.59 Å². The van der Waals surface area contributed by atoms with Crippen LogP contribution in [0.4, 0.5) is 5.00 Å². The highest BCUT2D eigenvalue weighted by molar-refractivity contribution is 8.01. The molecule has 2 rings (SSSR count). The first-order valence-corrected chi connectivity index (χ1v) is 10.3. The summed E-state index contributed by atoms with van der Waals surface area (Å²) < 4.78 is 0.748. The first-order valence-electron chi connectivity index (χ1n) is 7.95. The van der Waals surface area contributed by atoms with Crippen molar-refractivity contribution in [3.8, 4) is 11.3 Å². The molecular weight excluding hydrogens is 378 g/mol. The summed E-state index contributed by atoms with van der Waals surface area (Å²) in [7, 11) is 0. The van der Waals surface area contributed by atoms with Gasteiger partial charge in [-0.3, -0.25) is 9.59 Å². The summed E-state index contributed by atoms with van der Waals surface area (Å²) in [5, 5.41) is 6.38. The molecule has 1 heterocycles. The van der Waals surface area contributed by atoms with Crippen LogP contribution >= 0.6 is 34.7 Å². The first kappa shape index (κ1) is 19.8. The number of rotatable bonds is 9. The van der Waals surface area contributed by atoms with E-state index in [0.717, 1.165) is 15.6 Å². The highest BCUT2D eigenvalue weighted by Crippen LogP contribution is 2.37. The van der Waals surface area contributed by atoms with E-state index in [4.69, 9.17) is 11.6 Å². The maximum absolute atomic E-state index is 12.1. The number of hydrogen-bond donors (Lipinski definition) is 2. The van der Waals surface area contributed by atoms with Crippen LogP contribution in [-0.4, -0.2) is 35.0 Å². The summed E-state index contributed by atoms with van der Waals surface area (Å²) in [6, 6.07) is 9.67. The molecule has 0 fully saturated rings. The molecule has 0 saturated carbocycles. The van der Waals surface area contributed by atoms with Crippen LogP contribution in [0.25, 0.3) is 11.3 Å². The second-order valence-corrected chi connectivity index (χ2v) is 7.71. The number of aromatic nitrogens is 1. The van der Waals surface area contributed by atoms with Crippen molar-refractivity contribution in [3.05, 3.63) is 30.3 Å². The van der Waals surface area contributed by atoms with Gasteiger partial charge in [0.1, 0.15) is 10.7 Å². The molecule has 134 valence electrons. The lowest BCUT2D eigenvalue weighted by molar-refractivity contribution is -0.118. The fraction of sp³-hybridized carbons (Fsp3) is 0.353. The maximum atomic E-state index is 12.1. The van der Waals surface area contributed by atoms with E-state index in [1.807, 2.05) is 37.3 Å². The third kappa shape index (κ3) is 6.34. The van der Waals surface area contributed by atoms with Gasteiger partial charge in [-0.2, -0.15) is 0 Å². The number of nitrogens with one attached hydrogen (secondary N) is 2. The smallest absolute Gasteiger partial charge is 0.230 e. The SMILES string of the molecule is CCNC(=O)CSc1nc(-c2ccccc2)c(NC(=O)CCCCl)s1. The third-order valence-corrected chi connectivity index (χ3v) is 5.53. The number of benzene rings is 1. The molecule has 0 atom stereocenters. The van der Waals surface area contributed by atoms with Gasteiger partial charge in [-0.25, -0.2) is 4.98 Å². The Labute approximate surface area is 160 Å². The summed E-state index contributed by atoms with van der Waals surface area (Å²) in [6.45, 7) is 2.49. The van der Waals surface area contributed by atoms with Gasteiger partial charge in [0.2, 0.25) is 11.8 Å². The Bertz CT molecular complexity index is 707. The fourth-order valence-electron chi connectivity index (χ4n) is 2.03. The molecule has 2 aromatic rings. The summed E-state index contributed by atoms with van der Waals surface area (Å²) >= 11 is 8.39. The van der Waals surface area contributed by atoms with Crippen LogP contribution in [0.3, 0.4) is 0 Å². The van der Waals surface area contributed by atoms with E-state index in [9.17, 15) is 9.59 Å². The topological polar surface area (TPSA) is 71.1 Å². The lowest BCUT2D eigenvalue weighted by Gasteiger charge is -2.04. The Morgan fingerprint density at radius 2 is 2.00 bits per heavy atom. The van der Waals surface area contributed by atoms with Gasteiger partial charge in [-0.1, -0.05) is 53.4 Å². The number of anilines is 1. The second kappa shape index (κ2) is 10.4. The number of carbonyl (C=O) groups is 2. The number of nitrogens with zero attached hydrogens (tertiary/aromatic N) is 1. The molecule has 5 nitrogen and oxygen atoms in total. The minimum Gasteiger partial charge on any atom is -0.356 e. The van der Waals surface area contributed by atoms with Gasteiger partial charge in [-0.05, 0) is 13.3 Å². The monoisotopic (exact) mass is 397 g/mol. The summed E-state index contributed by atoms with van der Waals surface area (Å²) in [6.07, 6.45) is 1.00. The highest BCUT2D eigenvalue weighted by Gasteiger charge is 2.16. The zero-order valence-electron chi connectivity index (χ0n) is 13.9. The molecular formula is C17H20ClN3O2S2. The highest BCUT2D eigenvalue weighted by atomic mass is 35.5. The van der Waals surface area contributed by atoms with E-state index in [0.29, 0.717) is 36.0 Å². The molecule has 0 radical (unpaired) electrons. The summed E-state index contributed by atoms with van der Waals surface area (Å²) in [5.41, 5.74) is 1.65. The molecule has 0 spiro atoms. The number of halogens is 1. The van der Waals surface area contributed by atoms with Crippen LogP contribution in [0.5, 0.6) is 0 Å². The average molecular weight is 398 g/mol. The van der Waals surface area contributed by atoms with Gasteiger partial charge in [0, 0.05) is 24.4 Å². The van der Waals surface area contributed by atoms with Gasteiger partial charge in [0.05, 0.1) is 5.75 Å². The van der Waals surface area contributed by atoms with E-state index in [1.165, 1.54) is 23.1 Å². The van der Waals surface area contributed by atoms with Gasteiger partial charge in [0.25, 0.3) is 0 Å². The summed E-state index contributed by atoms with van der Waals surface area (Å²) in [4.78, 5) is 28.3. The van der Waals surface area contributed by atoms with Crippen molar-refractivity contribution in [2.24, 2.45) is 0 Å². The van der Waals surface area contributed by atoms with Crippen LogP contribution in [0, 0.1) is 0 Å². The minimum absolute atomic E-state index is 0.0309. The normalized spacial score (nSPS) is 10.5. The van der Waals surface area contributed by atoms with E-state index < -0.39 is 0 Å². The van der Waals surface area contributed by atoms with Crippen molar-refractivity contribution < 1.29 is 9.59 Å². The van der Waals surface area contributed by atoms with Crippen molar-refractivity contribution in [3.63, 3.8) is 0 Å². The van der Waals surface area contributed by atoms with Crippen molar-refractivity contribution in [2.75, 3.05) is 23.5 Å². The Balaban J connectivity index is 2.17. The number of alkyl halides is 1. The zero-order valence-corrected chi connectivity index (χ0v) is 16.3. The molecule has 2 amide bonds. The summed E-state index contributed by atoms with van der Waals surface area (Å²) in [5.74, 6) is 0.642. The Hall–Kier alpha value is -1.57. The molecule has 8 heteroatoms. The molecule has 0 unspecified atom stereocenters. The number of carbonyl (C=O) groups excluding carboxylic acids is 2. The largest absolute Gasteiger partial charge is 0.356 e. The first-order chi connectivity index (χ1) is 12.1. The van der Waals surface area contributed by atoms with Crippen LogP contribution in [0.15, 0.2) is 34.7 Å². The molecule has 2 N–H and O–H groups in total. The molecule has 1 aromatic carbocycles. The number of amides is 2. The predicted octanol–water partition coefficient (Wildman–Crippen LogP) is 4.00. The average Bonchev–Trinajstić information content (AvgIpc) is 3.02. The molecule has 1 aromatic heterocycles. The van der Waals surface area contributed by atoms with Crippen molar-refractivity contribution in [2.45, 2.75) is 24.1 Å². The number of thiazole rings is 1. The van der Waals surface area contributed by atoms with E-state index in [-0.39, 0.29) is 11.8 Å². The number of thioether (sulfide) groups is 1. The fourth-order valence-corrected chi connectivity index (χ4v) is 4.08. The quantitative estimate of drug-likeness (QED) is 0.495. The Kier molecular flexibility index (Phi) is 8.24. The van der Waals surface area contributed by atoms with Crippen molar-refractivity contribution in [1.82, 2.24) is 10.3 Å². The molecule has 0 aliphatic carbocycles. The minimum atomic E-state index is -0.0817. The van der Waals surface area contributed by atoms with Gasteiger partial charge >= 0.3 is 0 Å². The van der Waals surface area contributed by atoms with E-state index >= 15 is 0 Å². The van der Waals surface area contributed by atoms with E-state index in [2.05, 4.69) is 15.6 Å². The molecule has 0 bridgehead atoms. The number of hydrogen-bond acceptors (Lipinski definition) is 5. The van der Waals surface area contributed by atoms with Crippen LogP contribution in [0.1, 0.15) is 19.8 Å². The van der Waals surface area contributed by atoms with Crippen LogP contribution < -0.4 is 10.6 Å². The van der Waals surface area contributed by atoms with Crippen LogP contribution in [0.2, 0.25) is 0 Å². The molecule has 0 saturated heterocycles. The van der Waals surface area contributed by atoms with Gasteiger partial charge in [-0.15, -0.1) is 11.6 Å². The van der Waals surface area contributed by atoms with Crippen molar-refractivity contribution >= 4 is 51.5 Å². The standard InChI is InChI=1S/C17H20ClN3O2S2/c1-2-19-14(23)11-24-17-21-15(12-7-4-3-5-8-12)16(25-17)20-13(22)9-6-10-18/h3-5,7-8H,2,6,9-11H2,1H3,(H,19,23)(H,20,22). The predicted molar refractivity (Wildman–Crippen MR) is 106 cm³/mol. The lowest BCUT2D eigenvalue weighted by atomic mass is 10.2.